The summed E-state index contributed by atoms with van der Waals surface area (Å²) < 4.78 is 11.0. The van der Waals surface area contributed by atoms with Gasteiger partial charge in [-0.3, -0.25) is 0 Å². The van der Waals surface area contributed by atoms with E-state index in [2.05, 4.69) is 18.8 Å². The number of carbonyl (C=O) groups is 1. The van der Waals surface area contributed by atoms with Gasteiger partial charge in [0.25, 0.3) is 0 Å². The van der Waals surface area contributed by atoms with Gasteiger partial charge in [0.1, 0.15) is 6.61 Å². The molecule has 0 amide bonds. The quantitative estimate of drug-likeness (QED) is 0.725. The number of carbonyl (C=O) groups excluding carboxylic acids is 1. The minimum atomic E-state index is -0.384. The lowest BCUT2D eigenvalue weighted by Crippen LogP contribution is -2.14. The topological polar surface area (TPSA) is 48.4 Å². The fraction of sp³-hybridized carbons (Fsp3) is 0.333. The average molecular weight is 299 g/mol. The monoisotopic (exact) mass is 299 g/mol. The van der Waals surface area contributed by atoms with Crippen LogP contribution in [-0.2, 0) is 11.3 Å². The number of hydrogen-bond acceptors (Lipinski definition) is 4. The summed E-state index contributed by atoms with van der Waals surface area (Å²) in [6, 6.07) is 13.0. The Hall–Kier alpha value is -2.36. The predicted octanol–water partition coefficient (Wildman–Crippen LogP) is 4.01. The number of esters is 1. The van der Waals surface area contributed by atoms with Gasteiger partial charge >= 0.3 is 5.97 Å². The molecule has 1 aromatic carbocycles. The van der Waals surface area contributed by atoms with Crippen LogP contribution in [0.5, 0.6) is 5.88 Å². The van der Waals surface area contributed by atoms with Gasteiger partial charge in [-0.1, -0.05) is 44.2 Å². The fourth-order valence-corrected chi connectivity index (χ4v) is 2.00. The molecule has 0 saturated heterocycles. The van der Waals surface area contributed by atoms with Gasteiger partial charge in [0.2, 0.25) is 5.88 Å². The standard InChI is InChI=1S/C18H21NO3/c1-3-16(4-2)22-17-11-10-15(12-19-17)18(20)21-13-14-8-6-5-7-9-14/h5-12,16H,3-4,13H2,1-2H3. The van der Waals surface area contributed by atoms with Crippen molar-refractivity contribution in [3.8, 4) is 5.88 Å². The molecule has 0 saturated carbocycles. The van der Waals surface area contributed by atoms with Crippen molar-refractivity contribution in [2.24, 2.45) is 0 Å². The van der Waals surface area contributed by atoms with Crippen LogP contribution in [0.2, 0.25) is 0 Å². The first-order valence-corrected chi connectivity index (χ1v) is 7.56. The second-order valence-corrected chi connectivity index (χ2v) is 5.00. The lowest BCUT2D eigenvalue weighted by molar-refractivity contribution is 0.0472. The molecular weight excluding hydrogens is 278 g/mol. The van der Waals surface area contributed by atoms with Gasteiger partial charge in [-0.05, 0) is 24.5 Å². The molecule has 0 radical (unpaired) electrons. The molecule has 22 heavy (non-hydrogen) atoms. The molecule has 2 aromatic rings. The lowest BCUT2D eigenvalue weighted by Gasteiger charge is -2.14. The Morgan fingerprint density at radius 2 is 1.82 bits per heavy atom. The molecule has 2 rings (SSSR count). The number of rotatable bonds is 7. The number of nitrogens with zero attached hydrogens (tertiary/aromatic N) is 1. The van der Waals surface area contributed by atoms with Crippen molar-refractivity contribution >= 4 is 5.97 Å². The van der Waals surface area contributed by atoms with Gasteiger partial charge in [-0.2, -0.15) is 0 Å². The van der Waals surface area contributed by atoms with Crippen molar-refractivity contribution in [1.29, 1.82) is 0 Å². The van der Waals surface area contributed by atoms with E-state index in [0.717, 1.165) is 18.4 Å². The van der Waals surface area contributed by atoms with E-state index in [-0.39, 0.29) is 18.7 Å². The molecule has 0 spiro atoms. The smallest absolute Gasteiger partial charge is 0.340 e. The molecule has 4 nitrogen and oxygen atoms in total. The van der Waals surface area contributed by atoms with E-state index < -0.39 is 0 Å². The molecule has 0 bridgehead atoms. The highest BCUT2D eigenvalue weighted by atomic mass is 16.5. The average Bonchev–Trinajstić information content (AvgIpc) is 2.59. The Morgan fingerprint density at radius 1 is 1.09 bits per heavy atom. The van der Waals surface area contributed by atoms with Crippen molar-refractivity contribution in [3.05, 3.63) is 59.8 Å². The van der Waals surface area contributed by atoms with Crippen LogP contribution in [0.4, 0.5) is 0 Å². The summed E-state index contributed by atoms with van der Waals surface area (Å²) in [6.07, 6.45) is 3.51. The third-order valence-electron chi connectivity index (χ3n) is 3.38. The summed E-state index contributed by atoms with van der Waals surface area (Å²) in [5.74, 6) is 0.152. The van der Waals surface area contributed by atoms with Gasteiger partial charge in [0, 0.05) is 12.3 Å². The van der Waals surface area contributed by atoms with E-state index in [0.29, 0.717) is 11.4 Å². The van der Waals surface area contributed by atoms with E-state index in [1.807, 2.05) is 30.3 Å². The summed E-state index contributed by atoms with van der Waals surface area (Å²) in [5, 5.41) is 0. The summed E-state index contributed by atoms with van der Waals surface area (Å²) >= 11 is 0. The molecule has 116 valence electrons. The maximum Gasteiger partial charge on any atom is 0.340 e. The lowest BCUT2D eigenvalue weighted by atomic mass is 10.2. The van der Waals surface area contributed by atoms with Crippen LogP contribution in [0.15, 0.2) is 48.7 Å². The number of pyridine rings is 1. The number of ether oxygens (including phenoxy) is 2. The molecule has 1 heterocycles. The Balaban J connectivity index is 1.90. The Kier molecular flexibility index (Phi) is 5.95. The van der Waals surface area contributed by atoms with Crippen LogP contribution < -0.4 is 4.74 Å². The molecule has 0 aliphatic carbocycles. The third-order valence-corrected chi connectivity index (χ3v) is 3.38. The minimum Gasteiger partial charge on any atom is -0.474 e. The highest BCUT2D eigenvalue weighted by molar-refractivity contribution is 5.89. The first-order chi connectivity index (χ1) is 10.7. The Bertz CT molecular complexity index is 577. The van der Waals surface area contributed by atoms with Crippen molar-refractivity contribution in [3.63, 3.8) is 0 Å². The van der Waals surface area contributed by atoms with Crippen molar-refractivity contribution in [1.82, 2.24) is 4.98 Å². The van der Waals surface area contributed by atoms with Gasteiger partial charge in [0.15, 0.2) is 0 Å². The van der Waals surface area contributed by atoms with Crippen molar-refractivity contribution in [2.45, 2.75) is 39.4 Å². The number of hydrogen-bond donors (Lipinski definition) is 0. The van der Waals surface area contributed by atoms with E-state index in [1.54, 1.807) is 12.1 Å². The van der Waals surface area contributed by atoms with Gasteiger partial charge < -0.3 is 9.47 Å². The largest absolute Gasteiger partial charge is 0.474 e. The Morgan fingerprint density at radius 3 is 2.41 bits per heavy atom. The van der Waals surface area contributed by atoms with Crippen LogP contribution in [0.25, 0.3) is 0 Å². The fourth-order valence-electron chi connectivity index (χ4n) is 2.00. The van der Waals surface area contributed by atoms with Crippen molar-refractivity contribution in [2.75, 3.05) is 0 Å². The first-order valence-electron chi connectivity index (χ1n) is 7.56. The molecule has 0 aliphatic heterocycles. The van der Waals surface area contributed by atoms with E-state index in [4.69, 9.17) is 9.47 Å². The molecule has 0 unspecified atom stereocenters. The SMILES string of the molecule is CCC(CC)Oc1ccc(C(=O)OCc2ccccc2)cn1. The number of benzene rings is 1. The van der Waals surface area contributed by atoms with Gasteiger partial charge in [0.05, 0.1) is 11.7 Å². The summed E-state index contributed by atoms with van der Waals surface area (Å²) in [5.41, 5.74) is 1.38. The van der Waals surface area contributed by atoms with E-state index in [9.17, 15) is 4.79 Å². The molecule has 0 fully saturated rings. The zero-order valence-corrected chi connectivity index (χ0v) is 13.0. The molecular formula is C18H21NO3. The predicted molar refractivity (Wildman–Crippen MR) is 84.8 cm³/mol. The zero-order valence-electron chi connectivity index (χ0n) is 13.0. The zero-order chi connectivity index (χ0) is 15.8. The van der Waals surface area contributed by atoms with E-state index >= 15 is 0 Å². The van der Waals surface area contributed by atoms with E-state index in [1.165, 1.54) is 6.20 Å². The van der Waals surface area contributed by atoms with Gasteiger partial charge in [-0.25, -0.2) is 9.78 Å². The molecule has 0 aliphatic rings. The summed E-state index contributed by atoms with van der Waals surface area (Å²) in [7, 11) is 0. The Labute approximate surface area is 131 Å². The molecule has 0 N–H and O–H groups in total. The van der Waals surface area contributed by atoms with Gasteiger partial charge in [-0.15, -0.1) is 0 Å². The van der Waals surface area contributed by atoms with Crippen LogP contribution >= 0.6 is 0 Å². The second kappa shape index (κ2) is 8.17. The first kappa shape index (κ1) is 16.0. The summed E-state index contributed by atoms with van der Waals surface area (Å²) in [4.78, 5) is 16.1. The van der Waals surface area contributed by atoms with Crippen LogP contribution in [0, 0.1) is 0 Å². The normalized spacial score (nSPS) is 10.5. The maximum absolute atomic E-state index is 12.0. The molecule has 1 aromatic heterocycles. The second-order valence-electron chi connectivity index (χ2n) is 5.00. The van der Waals surface area contributed by atoms with Crippen LogP contribution in [0.1, 0.15) is 42.6 Å². The van der Waals surface area contributed by atoms with Crippen LogP contribution in [-0.4, -0.2) is 17.1 Å². The van der Waals surface area contributed by atoms with Crippen LogP contribution in [0.3, 0.4) is 0 Å². The molecule has 0 atom stereocenters. The third kappa shape index (κ3) is 4.58. The number of aromatic nitrogens is 1. The highest BCUT2D eigenvalue weighted by Crippen LogP contribution is 2.14. The summed E-state index contributed by atoms with van der Waals surface area (Å²) in [6.45, 7) is 4.40. The van der Waals surface area contributed by atoms with Crippen molar-refractivity contribution < 1.29 is 14.3 Å². The minimum absolute atomic E-state index is 0.156. The highest BCUT2D eigenvalue weighted by Gasteiger charge is 2.10. The maximum atomic E-state index is 12.0. The molecule has 4 heteroatoms.